The highest BCUT2D eigenvalue weighted by Gasteiger charge is 2.28. The Morgan fingerprint density at radius 3 is 2.47 bits per heavy atom. The van der Waals surface area contributed by atoms with E-state index in [-0.39, 0.29) is 23.6 Å². The van der Waals surface area contributed by atoms with Gasteiger partial charge in [-0.05, 0) is 50.2 Å². The minimum atomic E-state index is -0.492. The van der Waals surface area contributed by atoms with Crippen molar-refractivity contribution in [2.75, 3.05) is 36.5 Å². The molecule has 160 valence electrons. The van der Waals surface area contributed by atoms with Crippen molar-refractivity contribution in [2.45, 2.75) is 25.9 Å². The molecule has 1 fully saturated rings. The highest BCUT2D eigenvalue weighted by molar-refractivity contribution is 6.07. The molecule has 7 nitrogen and oxygen atoms in total. The normalized spacial score (nSPS) is 18.7. The largest absolute Gasteiger partial charge is 0.377 e. The lowest BCUT2D eigenvalue weighted by molar-refractivity contribution is 0.0757. The number of nitrogens with one attached hydrogen (secondary N) is 2. The van der Waals surface area contributed by atoms with E-state index in [1.54, 1.807) is 12.1 Å². The van der Waals surface area contributed by atoms with Crippen LogP contribution < -0.4 is 21.3 Å². The van der Waals surface area contributed by atoms with Gasteiger partial charge in [0, 0.05) is 36.3 Å². The molecule has 8 heteroatoms. The van der Waals surface area contributed by atoms with Gasteiger partial charge in [-0.2, -0.15) is 0 Å². The van der Waals surface area contributed by atoms with Gasteiger partial charge in [0.1, 0.15) is 5.82 Å². The van der Waals surface area contributed by atoms with Crippen LogP contribution in [0.1, 0.15) is 34.6 Å². The van der Waals surface area contributed by atoms with E-state index >= 15 is 0 Å². The van der Waals surface area contributed by atoms with Crippen LogP contribution in [0.2, 0.25) is 0 Å². The van der Waals surface area contributed by atoms with Crippen LogP contribution >= 0.6 is 0 Å². The molecular formula is C22H27FN4O3. The maximum atomic E-state index is 13.6. The van der Waals surface area contributed by atoms with Crippen LogP contribution in [0.15, 0.2) is 42.5 Å². The number of amides is 2. The summed E-state index contributed by atoms with van der Waals surface area (Å²) in [5.74, 6) is -1.23. The Labute approximate surface area is 175 Å². The molecule has 1 aliphatic heterocycles. The maximum absolute atomic E-state index is 13.6. The van der Waals surface area contributed by atoms with Gasteiger partial charge in [-0.25, -0.2) is 4.39 Å². The van der Waals surface area contributed by atoms with Crippen LogP contribution in [-0.4, -0.2) is 50.2 Å². The second-order valence-electron chi connectivity index (χ2n) is 7.38. The summed E-state index contributed by atoms with van der Waals surface area (Å²) in [7, 11) is 0. The van der Waals surface area contributed by atoms with Crippen LogP contribution in [0, 0.1) is 5.82 Å². The first-order chi connectivity index (χ1) is 14.4. The van der Waals surface area contributed by atoms with E-state index in [1.807, 2.05) is 19.9 Å². The van der Waals surface area contributed by atoms with Crippen LogP contribution in [-0.2, 0) is 4.74 Å². The summed E-state index contributed by atoms with van der Waals surface area (Å²) in [6.07, 6.45) is 0. The van der Waals surface area contributed by atoms with Gasteiger partial charge >= 0.3 is 0 Å². The zero-order chi connectivity index (χ0) is 21.7. The Kier molecular flexibility index (Phi) is 7.02. The Morgan fingerprint density at radius 1 is 1.10 bits per heavy atom. The minimum Gasteiger partial charge on any atom is -0.377 e. The fraction of sp³-hybridized carbons (Fsp3) is 0.364. The van der Waals surface area contributed by atoms with Crippen LogP contribution in [0.25, 0.3) is 0 Å². The fourth-order valence-corrected chi connectivity index (χ4v) is 3.59. The summed E-state index contributed by atoms with van der Waals surface area (Å²) in [6, 6.07) is 10.8. The van der Waals surface area contributed by atoms with Gasteiger partial charge in [-0.1, -0.05) is 6.07 Å². The molecule has 0 spiro atoms. The van der Waals surface area contributed by atoms with E-state index in [1.165, 1.54) is 24.3 Å². The van der Waals surface area contributed by atoms with E-state index in [0.29, 0.717) is 37.6 Å². The highest BCUT2D eigenvalue weighted by Crippen LogP contribution is 2.32. The molecule has 1 saturated heterocycles. The monoisotopic (exact) mass is 414 g/mol. The van der Waals surface area contributed by atoms with Crippen molar-refractivity contribution in [3.63, 3.8) is 0 Å². The third-order valence-electron chi connectivity index (χ3n) is 4.97. The van der Waals surface area contributed by atoms with E-state index in [4.69, 9.17) is 10.5 Å². The predicted octanol–water partition coefficient (Wildman–Crippen LogP) is 2.38. The number of hydrogen-bond acceptors (Lipinski definition) is 5. The van der Waals surface area contributed by atoms with Crippen molar-refractivity contribution in [1.29, 1.82) is 0 Å². The first-order valence-corrected chi connectivity index (χ1v) is 9.96. The van der Waals surface area contributed by atoms with Gasteiger partial charge in [0.05, 0.1) is 24.6 Å². The number of nitrogens with two attached hydrogens (primary N) is 1. The summed E-state index contributed by atoms with van der Waals surface area (Å²) < 4.78 is 19.2. The average Bonchev–Trinajstić information content (AvgIpc) is 2.72. The lowest BCUT2D eigenvalue weighted by atomic mass is 10.1. The fourth-order valence-electron chi connectivity index (χ4n) is 3.59. The molecule has 0 saturated carbocycles. The molecule has 2 unspecified atom stereocenters. The molecule has 2 aromatic carbocycles. The number of rotatable bonds is 6. The summed E-state index contributed by atoms with van der Waals surface area (Å²) >= 11 is 0. The van der Waals surface area contributed by atoms with Crippen molar-refractivity contribution < 1.29 is 18.7 Å². The molecule has 0 bridgehead atoms. The third-order valence-corrected chi connectivity index (χ3v) is 4.97. The second kappa shape index (κ2) is 9.69. The van der Waals surface area contributed by atoms with Crippen LogP contribution in [0.3, 0.4) is 0 Å². The Balaban J connectivity index is 1.97. The number of carbonyl (C=O) groups excluding carboxylic acids is 2. The van der Waals surface area contributed by atoms with E-state index < -0.39 is 11.7 Å². The third kappa shape index (κ3) is 4.95. The number of hydrogen-bond donors (Lipinski definition) is 3. The number of benzene rings is 2. The first-order valence-electron chi connectivity index (χ1n) is 9.96. The number of carbonyl (C=O) groups is 2. The summed E-state index contributed by atoms with van der Waals surface area (Å²) in [4.78, 5) is 27.3. The zero-order valence-electron chi connectivity index (χ0n) is 17.2. The van der Waals surface area contributed by atoms with Crippen LogP contribution in [0.5, 0.6) is 0 Å². The molecule has 0 aromatic heterocycles. The molecule has 2 amide bonds. The van der Waals surface area contributed by atoms with Gasteiger partial charge in [0.2, 0.25) is 0 Å². The van der Waals surface area contributed by atoms with Gasteiger partial charge in [0.15, 0.2) is 0 Å². The number of ether oxygens (including phenoxy) is 1. The molecule has 30 heavy (non-hydrogen) atoms. The lowest BCUT2D eigenvalue weighted by Crippen LogP contribution is -2.50. The lowest BCUT2D eigenvalue weighted by Gasteiger charge is -2.41. The maximum Gasteiger partial charge on any atom is 0.255 e. The molecule has 4 N–H and O–H groups in total. The van der Waals surface area contributed by atoms with Crippen LogP contribution in [0.4, 0.5) is 15.8 Å². The molecular weight excluding hydrogens is 387 g/mol. The summed E-state index contributed by atoms with van der Waals surface area (Å²) in [5.41, 5.74) is 7.31. The van der Waals surface area contributed by atoms with Crippen molar-refractivity contribution in [2.24, 2.45) is 5.73 Å². The Morgan fingerprint density at radius 2 is 1.80 bits per heavy atom. The standard InChI is InChI=1S/C22H27FN4O3/c1-14-12-30-13-15(2)27(14)20-7-6-17(21(28)25-9-8-24)11-19(20)26-22(29)16-4-3-5-18(23)10-16/h3-7,10-11,14-15H,8-9,12-13,24H2,1-2H3,(H,25,28)(H,26,29). The number of halogens is 1. The second-order valence-corrected chi connectivity index (χ2v) is 7.38. The minimum absolute atomic E-state index is 0.0792. The zero-order valence-corrected chi connectivity index (χ0v) is 17.2. The van der Waals surface area contributed by atoms with E-state index in [0.717, 1.165) is 5.69 Å². The number of nitrogens with zero attached hydrogens (tertiary/aromatic N) is 1. The number of anilines is 2. The smallest absolute Gasteiger partial charge is 0.255 e. The average molecular weight is 414 g/mol. The topological polar surface area (TPSA) is 96.7 Å². The number of morpholine rings is 1. The van der Waals surface area contributed by atoms with Crippen molar-refractivity contribution >= 4 is 23.2 Å². The van der Waals surface area contributed by atoms with Gasteiger partial charge in [-0.3, -0.25) is 9.59 Å². The SMILES string of the molecule is CC1COCC(C)N1c1ccc(C(=O)NCCN)cc1NC(=O)c1cccc(F)c1. The Hall–Kier alpha value is -2.97. The van der Waals surface area contributed by atoms with Gasteiger partial charge in [-0.15, -0.1) is 0 Å². The highest BCUT2D eigenvalue weighted by atomic mass is 19.1. The van der Waals surface area contributed by atoms with E-state index in [2.05, 4.69) is 15.5 Å². The van der Waals surface area contributed by atoms with Crippen molar-refractivity contribution in [3.05, 3.63) is 59.4 Å². The molecule has 2 atom stereocenters. The van der Waals surface area contributed by atoms with Crippen molar-refractivity contribution in [3.8, 4) is 0 Å². The van der Waals surface area contributed by atoms with E-state index in [9.17, 15) is 14.0 Å². The molecule has 2 aromatic rings. The molecule has 0 radical (unpaired) electrons. The Bertz CT molecular complexity index is 911. The predicted molar refractivity (Wildman–Crippen MR) is 114 cm³/mol. The quantitative estimate of drug-likeness (QED) is 0.674. The summed E-state index contributed by atoms with van der Waals surface area (Å²) in [6.45, 7) is 5.87. The summed E-state index contributed by atoms with van der Waals surface area (Å²) in [5, 5.41) is 5.58. The molecule has 1 aliphatic rings. The molecule has 3 rings (SSSR count). The van der Waals surface area contributed by atoms with Crippen molar-refractivity contribution in [1.82, 2.24) is 5.32 Å². The van der Waals surface area contributed by atoms with Gasteiger partial charge in [0.25, 0.3) is 11.8 Å². The first kappa shape index (κ1) is 21.7. The van der Waals surface area contributed by atoms with Gasteiger partial charge < -0.3 is 26.0 Å². The molecule has 1 heterocycles. The molecule has 0 aliphatic carbocycles.